The number of methoxy groups -OCH3 is 1. The zero-order chi connectivity index (χ0) is 24.3. The SMILES string of the molecule is C=C1N=C2C(OCc3ccccc3)=CC=CN2C1(C(C)c1ccccc1)C(OC)c1ccccc1. The van der Waals surface area contributed by atoms with Gasteiger partial charge >= 0.3 is 0 Å². The molecule has 0 saturated heterocycles. The summed E-state index contributed by atoms with van der Waals surface area (Å²) in [5, 5.41) is 0. The van der Waals surface area contributed by atoms with Crippen molar-refractivity contribution in [2.45, 2.75) is 31.1 Å². The lowest BCUT2D eigenvalue weighted by molar-refractivity contribution is -0.00328. The summed E-state index contributed by atoms with van der Waals surface area (Å²) in [5.74, 6) is 1.50. The Morgan fingerprint density at radius 3 is 2.11 bits per heavy atom. The first-order valence-electron chi connectivity index (χ1n) is 11.9. The van der Waals surface area contributed by atoms with Crippen molar-refractivity contribution in [1.82, 2.24) is 4.90 Å². The topological polar surface area (TPSA) is 34.1 Å². The van der Waals surface area contributed by atoms with Gasteiger partial charge in [0.1, 0.15) is 18.2 Å². The van der Waals surface area contributed by atoms with Gasteiger partial charge in [0.05, 0.1) is 5.70 Å². The van der Waals surface area contributed by atoms with Crippen LogP contribution in [-0.4, -0.2) is 23.4 Å². The van der Waals surface area contributed by atoms with E-state index in [1.165, 1.54) is 5.56 Å². The van der Waals surface area contributed by atoms with Gasteiger partial charge in [0.15, 0.2) is 11.6 Å². The molecule has 3 unspecified atom stereocenters. The third-order valence-corrected chi connectivity index (χ3v) is 6.97. The molecule has 3 atom stereocenters. The largest absolute Gasteiger partial charge is 0.485 e. The minimum absolute atomic E-state index is 0.0146. The van der Waals surface area contributed by atoms with E-state index in [0.29, 0.717) is 6.61 Å². The van der Waals surface area contributed by atoms with Crippen molar-refractivity contribution in [3.63, 3.8) is 0 Å². The number of ether oxygens (including phenoxy) is 2. The zero-order valence-electron chi connectivity index (χ0n) is 20.2. The summed E-state index contributed by atoms with van der Waals surface area (Å²) >= 11 is 0. The fourth-order valence-corrected chi connectivity index (χ4v) is 5.25. The third-order valence-electron chi connectivity index (χ3n) is 6.97. The standard InChI is InChI=1S/C31H30N2O2/c1-23(26-16-9-5-10-17-26)31(29(34-3)27-18-11-6-12-19-27)24(2)32-30-28(20-13-21-33(30)31)35-22-25-14-7-4-8-15-25/h4-21,23,29H,2,22H2,1,3H3. The van der Waals surface area contributed by atoms with Gasteiger partial charge in [0, 0.05) is 19.2 Å². The molecular formula is C31H30N2O2. The number of allylic oxidation sites excluding steroid dienone is 2. The molecule has 176 valence electrons. The van der Waals surface area contributed by atoms with E-state index in [0.717, 1.165) is 28.4 Å². The molecule has 4 heteroatoms. The molecule has 0 saturated carbocycles. The van der Waals surface area contributed by atoms with Crippen molar-refractivity contribution in [3.05, 3.63) is 144 Å². The molecule has 2 aliphatic heterocycles. The summed E-state index contributed by atoms with van der Waals surface area (Å²) in [6.45, 7) is 7.19. The number of benzene rings is 3. The molecule has 0 bridgehead atoms. The highest BCUT2D eigenvalue weighted by molar-refractivity contribution is 6.02. The molecule has 0 aromatic heterocycles. The summed E-state index contributed by atoms with van der Waals surface area (Å²) in [6, 6.07) is 31.0. The Balaban J connectivity index is 1.57. The second kappa shape index (κ2) is 9.77. The number of hydrogen-bond acceptors (Lipinski definition) is 4. The number of rotatable bonds is 8. The monoisotopic (exact) mass is 462 g/mol. The number of amidine groups is 1. The summed E-state index contributed by atoms with van der Waals surface area (Å²) in [7, 11) is 1.76. The van der Waals surface area contributed by atoms with Gasteiger partial charge in [0.2, 0.25) is 0 Å². The van der Waals surface area contributed by atoms with Gasteiger partial charge in [-0.2, -0.15) is 0 Å². The van der Waals surface area contributed by atoms with Crippen molar-refractivity contribution in [1.29, 1.82) is 0 Å². The predicted octanol–water partition coefficient (Wildman–Crippen LogP) is 6.77. The Labute approximate surface area is 207 Å². The van der Waals surface area contributed by atoms with Crippen LogP contribution in [0.4, 0.5) is 0 Å². The number of hydrogen-bond donors (Lipinski definition) is 0. The molecule has 0 radical (unpaired) electrons. The Morgan fingerprint density at radius 2 is 1.49 bits per heavy atom. The normalized spacial score (nSPS) is 20.6. The first-order chi connectivity index (χ1) is 17.2. The van der Waals surface area contributed by atoms with E-state index in [2.05, 4.69) is 73.1 Å². The maximum absolute atomic E-state index is 6.28. The minimum Gasteiger partial charge on any atom is -0.485 e. The van der Waals surface area contributed by atoms with Crippen molar-refractivity contribution >= 4 is 5.84 Å². The van der Waals surface area contributed by atoms with Crippen LogP contribution in [-0.2, 0) is 16.1 Å². The Morgan fingerprint density at radius 1 is 0.886 bits per heavy atom. The molecule has 0 amide bonds. The van der Waals surface area contributed by atoms with Crippen LogP contribution in [0.25, 0.3) is 0 Å². The Bertz CT molecular complexity index is 1270. The Kier molecular flexibility index (Phi) is 6.39. The average Bonchev–Trinajstić information content (AvgIpc) is 3.22. The molecular weight excluding hydrogens is 432 g/mol. The van der Waals surface area contributed by atoms with E-state index in [9.17, 15) is 0 Å². The average molecular weight is 463 g/mol. The molecule has 2 heterocycles. The number of aliphatic imine (C=N–C) groups is 1. The fourth-order valence-electron chi connectivity index (χ4n) is 5.25. The fraction of sp³-hybridized carbons (Fsp3) is 0.194. The molecule has 0 N–H and O–H groups in total. The van der Waals surface area contributed by atoms with Gasteiger partial charge in [-0.3, -0.25) is 0 Å². The molecule has 3 aromatic rings. The summed E-state index contributed by atoms with van der Waals surface area (Å²) in [6.07, 6.45) is 5.74. The van der Waals surface area contributed by atoms with E-state index in [1.807, 2.05) is 54.6 Å². The summed E-state index contributed by atoms with van der Waals surface area (Å²) in [4.78, 5) is 7.23. The van der Waals surface area contributed by atoms with Crippen LogP contribution in [0.3, 0.4) is 0 Å². The van der Waals surface area contributed by atoms with Crippen LogP contribution in [0.2, 0.25) is 0 Å². The van der Waals surface area contributed by atoms with Crippen molar-refractivity contribution < 1.29 is 9.47 Å². The molecule has 2 aliphatic rings. The predicted molar refractivity (Wildman–Crippen MR) is 141 cm³/mol. The first-order valence-corrected chi connectivity index (χ1v) is 11.9. The lowest BCUT2D eigenvalue weighted by atomic mass is 9.71. The van der Waals surface area contributed by atoms with Gasteiger partial charge in [-0.1, -0.05) is 104 Å². The second-order valence-electron chi connectivity index (χ2n) is 8.88. The Hall–Kier alpha value is -3.89. The lowest BCUT2D eigenvalue weighted by Gasteiger charge is -2.48. The lowest BCUT2D eigenvalue weighted by Crippen LogP contribution is -2.54. The van der Waals surface area contributed by atoms with Crippen molar-refractivity contribution in [2.24, 2.45) is 4.99 Å². The molecule has 0 spiro atoms. The number of nitrogens with zero attached hydrogens (tertiary/aromatic N) is 2. The van der Waals surface area contributed by atoms with E-state index in [1.54, 1.807) is 7.11 Å². The molecule has 4 nitrogen and oxygen atoms in total. The molecule has 3 aromatic carbocycles. The van der Waals surface area contributed by atoms with Gasteiger partial charge < -0.3 is 14.4 Å². The molecule has 0 fully saturated rings. The van der Waals surface area contributed by atoms with E-state index >= 15 is 0 Å². The highest BCUT2D eigenvalue weighted by Crippen LogP contribution is 2.53. The highest BCUT2D eigenvalue weighted by Gasteiger charge is 2.57. The van der Waals surface area contributed by atoms with Crippen LogP contribution in [0.5, 0.6) is 0 Å². The van der Waals surface area contributed by atoms with Crippen LogP contribution in [0.15, 0.2) is 132 Å². The number of fused-ring (bicyclic) bond motifs is 1. The zero-order valence-corrected chi connectivity index (χ0v) is 20.2. The van der Waals surface area contributed by atoms with Crippen molar-refractivity contribution in [3.8, 4) is 0 Å². The van der Waals surface area contributed by atoms with Crippen LogP contribution < -0.4 is 0 Å². The van der Waals surface area contributed by atoms with Gasteiger partial charge in [-0.25, -0.2) is 4.99 Å². The van der Waals surface area contributed by atoms with Crippen LogP contribution in [0.1, 0.15) is 35.6 Å². The second-order valence-corrected chi connectivity index (χ2v) is 8.88. The summed E-state index contributed by atoms with van der Waals surface area (Å²) < 4.78 is 12.6. The highest BCUT2D eigenvalue weighted by atomic mass is 16.5. The third kappa shape index (κ3) is 4.00. The van der Waals surface area contributed by atoms with Crippen LogP contribution >= 0.6 is 0 Å². The quantitative estimate of drug-likeness (QED) is 0.370. The smallest absolute Gasteiger partial charge is 0.176 e. The minimum atomic E-state index is -0.682. The summed E-state index contributed by atoms with van der Waals surface area (Å²) in [5.41, 5.74) is 3.44. The first kappa shape index (κ1) is 22.9. The maximum atomic E-state index is 6.28. The van der Waals surface area contributed by atoms with E-state index in [4.69, 9.17) is 14.5 Å². The van der Waals surface area contributed by atoms with Gasteiger partial charge in [0.25, 0.3) is 0 Å². The van der Waals surface area contributed by atoms with Gasteiger partial charge in [-0.15, -0.1) is 0 Å². The van der Waals surface area contributed by atoms with Gasteiger partial charge in [-0.05, 0) is 28.8 Å². The van der Waals surface area contributed by atoms with E-state index in [-0.39, 0.29) is 12.0 Å². The van der Waals surface area contributed by atoms with Crippen LogP contribution in [0, 0.1) is 0 Å². The van der Waals surface area contributed by atoms with Crippen molar-refractivity contribution in [2.75, 3.05) is 7.11 Å². The molecule has 0 aliphatic carbocycles. The maximum Gasteiger partial charge on any atom is 0.176 e. The molecule has 35 heavy (non-hydrogen) atoms. The molecule has 5 rings (SSSR count). The van der Waals surface area contributed by atoms with E-state index < -0.39 is 5.54 Å².